The molecule has 1 N–H and O–H groups in total. The minimum atomic E-state index is -0.505. The van der Waals surface area contributed by atoms with Gasteiger partial charge in [0.2, 0.25) is 0 Å². The zero-order chi connectivity index (χ0) is 18.7. The van der Waals surface area contributed by atoms with Crippen molar-refractivity contribution < 1.29 is 24.2 Å². The largest absolute Gasteiger partial charge is 0.444 e. The van der Waals surface area contributed by atoms with Crippen molar-refractivity contribution in [2.75, 3.05) is 26.2 Å². The van der Waals surface area contributed by atoms with E-state index in [-0.39, 0.29) is 24.3 Å². The number of carbonyl (C=O) groups is 2. The Morgan fingerprint density at radius 2 is 1.92 bits per heavy atom. The molecule has 3 aliphatic carbocycles. The van der Waals surface area contributed by atoms with Crippen molar-refractivity contribution in [1.29, 1.82) is 0 Å². The van der Waals surface area contributed by atoms with Crippen LogP contribution in [0.1, 0.15) is 52.9 Å². The number of likely N-dealkylation sites (tertiary alicyclic amines) is 1. The molecule has 0 aromatic carbocycles. The molecule has 2 aliphatic heterocycles. The van der Waals surface area contributed by atoms with Crippen molar-refractivity contribution in [3.8, 4) is 0 Å². The Labute approximate surface area is 154 Å². The van der Waals surface area contributed by atoms with Gasteiger partial charge in [-0.05, 0) is 51.9 Å². The van der Waals surface area contributed by atoms with Crippen LogP contribution in [0.25, 0.3) is 0 Å². The molecule has 26 heavy (non-hydrogen) atoms. The van der Waals surface area contributed by atoms with Gasteiger partial charge in [0, 0.05) is 38.1 Å². The maximum Gasteiger partial charge on any atom is 0.410 e. The number of carbonyl (C=O) groups excluding carboxylic acids is 2. The smallest absolute Gasteiger partial charge is 0.410 e. The average molecular weight is 366 g/mol. The number of hydrogen-bond acceptors (Lipinski definition) is 5. The molecule has 5 aliphatic rings. The van der Waals surface area contributed by atoms with Gasteiger partial charge in [-0.15, -0.1) is 0 Å². The molecule has 5 fully saturated rings. The van der Waals surface area contributed by atoms with Crippen LogP contribution < -0.4 is 0 Å². The minimum Gasteiger partial charge on any atom is -0.444 e. The molecular weight excluding hydrogens is 336 g/mol. The highest BCUT2D eigenvalue weighted by Gasteiger charge is 2.63. The molecule has 0 aromatic rings. The lowest BCUT2D eigenvalue weighted by molar-refractivity contribution is -0.0177. The summed E-state index contributed by atoms with van der Waals surface area (Å²) in [5.74, 6) is 0.881. The first-order valence-electron chi connectivity index (χ1n) is 9.75. The van der Waals surface area contributed by atoms with E-state index in [1.807, 2.05) is 25.7 Å². The number of amides is 2. The molecule has 1 spiro atoms. The predicted octanol–water partition coefficient (Wildman–Crippen LogP) is 2.37. The van der Waals surface area contributed by atoms with E-state index in [4.69, 9.17) is 9.47 Å². The summed E-state index contributed by atoms with van der Waals surface area (Å²) in [6.07, 6.45) is 3.67. The first-order chi connectivity index (χ1) is 12.2. The second-order valence-electron chi connectivity index (χ2n) is 9.64. The van der Waals surface area contributed by atoms with E-state index in [1.54, 1.807) is 4.90 Å². The van der Waals surface area contributed by atoms with Gasteiger partial charge in [-0.2, -0.15) is 0 Å². The average Bonchev–Trinajstić information content (AvgIpc) is 3.15. The van der Waals surface area contributed by atoms with Crippen LogP contribution in [0.2, 0.25) is 0 Å². The van der Waals surface area contributed by atoms with Crippen LogP contribution in [0, 0.1) is 11.8 Å². The molecule has 2 amide bonds. The summed E-state index contributed by atoms with van der Waals surface area (Å²) in [4.78, 5) is 28.5. The topological polar surface area (TPSA) is 79.3 Å². The Bertz CT molecular complexity index is 600. The minimum absolute atomic E-state index is 0.0963. The van der Waals surface area contributed by atoms with Crippen molar-refractivity contribution in [3.63, 3.8) is 0 Å². The molecular formula is C19H30N2O5. The Kier molecular flexibility index (Phi) is 3.95. The summed E-state index contributed by atoms with van der Waals surface area (Å²) < 4.78 is 11.3. The second-order valence-corrected chi connectivity index (χ2v) is 9.64. The SMILES string of the molecule is CC(C)(C)OC(=O)N1CCC2(CC1)CN(C13CC(CO)C(C1)C3)C(=O)O2. The highest BCUT2D eigenvalue weighted by Crippen LogP contribution is 2.60. The van der Waals surface area contributed by atoms with Gasteiger partial charge in [0.1, 0.15) is 11.2 Å². The first kappa shape index (κ1) is 17.9. The Balaban J connectivity index is 1.37. The van der Waals surface area contributed by atoms with Gasteiger partial charge in [0.25, 0.3) is 0 Å². The van der Waals surface area contributed by atoms with Crippen LogP contribution in [0.5, 0.6) is 0 Å². The number of piperidine rings is 1. The third-order valence-electron chi connectivity index (χ3n) is 6.70. The van der Waals surface area contributed by atoms with Crippen molar-refractivity contribution in [3.05, 3.63) is 0 Å². The Morgan fingerprint density at radius 3 is 2.46 bits per heavy atom. The van der Waals surface area contributed by atoms with E-state index >= 15 is 0 Å². The fraction of sp³-hybridized carbons (Fsp3) is 0.895. The molecule has 5 rings (SSSR count). The fourth-order valence-corrected chi connectivity index (χ4v) is 5.29. The van der Waals surface area contributed by atoms with Gasteiger partial charge < -0.3 is 19.5 Å². The summed E-state index contributed by atoms with van der Waals surface area (Å²) in [7, 11) is 0. The summed E-state index contributed by atoms with van der Waals surface area (Å²) >= 11 is 0. The molecule has 1 atom stereocenters. The standard InChI is InChI=1S/C19H30N2O5/c1-17(2,3)25-15(23)20-6-4-19(5-7-20)12-21(16(24)26-19)18-8-13(9-18)14(10-18)11-22/h13-14,22H,4-12H2,1-3H3. The molecule has 7 nitrogen and oxygen atoms in total. The van der Waals surface area contributed by atoms with E-state index < -0.39 is 11.2 Å². The number of fused-ring (bicyclic) bond motifs is 1. The summed E-state index contributed by atoms with van der Waals surface area (Å²) in [5.41, 5.74) is -1.08. The lowest BCUT2D eigenvalue weighted by atomic mass is 9.74. The highest BCUT2D eigenvalue weighted by atomic mass is 16.6. The third-order valence-corrected chi connectivity index (χ3v) is 6.70. The van der Waals surface area contributed by atoms with E-state index in [1.165, 1.54) is 0 Å². The zero-order valence-electron chi connectivity index (χ0n) is 16.0. The molecule has 0 radical (unpaired) electrons. The maximum atomic E-state index is 12.6. The van der Waals surface area contributed by atoms with Gasteiger partial charge in [-0.1, -0.05) is 0 Å². The molecule has 1 unspecified atom stereocenters. The van der Waals surface area contributed by atoms with E-state index in [9.17, 15) is 14.7 Å². The Morgan fingerprint density at radius 1 is 1.27 bits per heavy atom. The molecule has 2 saturated heterocycles. The number of hydrogen-bond donors (Lipinski definition) is 1. The Hall–Kier alpha value is -1.50. The van der Waals surface area contributed by atoms with E-state index in [0.29, 0.717) is 44.3 Å². The third kappa shape index (κ3) is 2.84. The first-order valence-corrected chi connectivity index (χ1v) is 9.75. The number of aliphatic hydroxyl groups is 1. The number of rotatable bonds is 2. The molecule has 0 aromatic heterocycles. The number of ether oxygens (including phenoxy) is 2. The number of nitrogens with zero attached hydrogens (tertiary/aromatic N) is 2. The van der Waals surface area contributed by atoms with Crippen LogP contribution in [-0.2, 0) is 9.47 Å². The molecule has 2 heterocycles. The second kappa shape index (κ2) is 5.75. The van der Waals surface area contributed by atoms with Crippen molar-refractivity contribution >= 4 is 12.2 Å². The quantitative estimate of drug-likeness (QED) is 0.812. The van der Waals surface area contributed by atoms with Crippen molar-refractivity contribution in [1.82, 2.24) is 9.80 Å². The highest BCUT2D eigenvalue weighted by molar-refractivity contribution is 5.73. The van der Waals surface area contributed by atoms with E-state index in [0.717, 1.165) is 19.3 Å². The van der Waals surface area contributed by atoms with Crippen LogP contribution in [0.4, 0.5) is 9.59 Å². The fourth-order valence-electron chi connectivity index (χ4n) is 5.29. The van der Waals surface area contributed by atoms with Crippen molar-refractivity contribution in [2.24, 2.45) is 11.8 Å². The summed E-state index contributed by atoms with van der Waals surface area (Å²) in [6, 6.07) is 0. The molecule has 2 bridgehead atoms. The molecule has 3 saturated carbocycles. The summed E-state index contributed by atoms with van der Waals surface area (Å²) in [6.45, 7) is 7.50. The molecule has 146 valence electrons. The van der Waals surface area contributed by atoms with Gasteiger partial charge in [-0.3, -0.25) is 4.90 Å². The van der Waals surface area contributed by atoms with Gasteiger partial charge in [-0.25, -0.2) is 9.59 Å². The van der Waals surface area contributed by atoms with Crippen LogP contribution in [0.15, 0.2) is 0 Å². The zero-order valence-corrected chi connectivity index (χ0v) is 16.0. The summed E-state index contributed by atoms with van der Waals surface area (Å²) in [5, 5.41) is 9.51. The monoisotopic (exact) mass is 366 g/mol. The van der Waals surface area contributed by atoms with Gasteiger partial charge in [0.05, 0.1) is 6.54 Å². The predicted molar refractivity (Wildman–Crippen MR) is 93.6 cm³/mol. The van der Waals surface area contributed by atoms with Gasteiger partial charge in [0.15, 0.2) is 0 Å². The normalized spacial score (nSPS) is 35.5. The maximum absolute atomic E-state index is 12.6. The molecule has 7 heteroatoms. The van der Waals surface area contributed by atoms with Crippen molar-refractivity contribution in [2.45, 2.75) is 69.6 Å². The van der Waals surface area contributed by atoms with Crippen LogP contribution in [-0.4, -0.2) is 70.1 Å². The van der Waals surface area contributed by atoms with Crippen LogP contribution in [0.3, 0.4) is 0 Å². The number of aliphatic hydroxyl groups excluding tert-OH is 1. The lowest BCUT2D eigenvalue weighted by Crippen LogP contribution is -2.55. The van der Waals surface area contributed by atoms with Crippen LogP contribution >= 0.6 is 0 Å². The van der Waals surface area contributed by atoms with E-state index in [2.05, 4.69) is 0 Å². The lowest BCUT2D eigenvalue weighted by Gasteiger charge is -2.45. The van der Waals surface area contributed by atoms with Gasteiger partial charge >= 0.3 is 12.2 Å².